The Morgan fingerprint density at radius 1 is 1.12 bits per heavy atom. The molecule has 1 N–H and O–H groups in total. The molecule has 1 aliphatic heterocycles. The summed E-state index contributed by atoms with van der Waals surface area (Å²) >= 11 is 0. The molecule has 0 radical (unpaired) electrons. The van der Waals surface area contributed by atoms with E-state index in [-0.39, 0.29) is 12.5 Å². The van der Waals surface area contributed by atoms with Gasteiger partial charge in [-0.25, -0.2) is 0 Å². The molecular formula is C20H23NO3. The summed E-state index contributed by atoms with van der Waals surface area (Å²) in [6.07, 6.45) is 2.09. The Morgan fingerprint density at radius 3 is 2.58 bits per heavy atom. The maximum Gasteiger partial charge on any atom is 0.227 e. The molecule has 0 saturated carbocycles. The van der Waals surface area contributed by atoms with Crippen LogP contribution in [0.25, 0.3) is 0 Å². The van der Waals surface area contributed by atoms with Crippen molar-refractivity contribution in [3.8, 4) is 11.5 Å². The first kappa shape index (κ1) is 16.5. The van der Waals surface area contributed by atoms with Gasteiger partial charge in [-0.1, -0.05) is 30.3 Å². The van der Waals surface area contributed by atoms with Crippen molar-refractivity contribution in [2.45, 2.75) is 26.2 Å². The molecular weight excluding hydrogens is 302 g/mol. The number of aryl methyl sites for hydroxylation is 1. The monoisotopic (exact) mass is 325 g/mol. The van der Waals surface area contributed by atoms with E-state index in [0.717, 1.165) is 29.8 Å². The summed E-state index contributed by atoms with van der Waals surface area (Å²) in [5.74, 6) is 1.93. The van der Waals surface area contributed by atoms with E-state index in [9.17, 15) is 9.90 Å². The minimum Gasteiger partial charge on any atom is -0.455 e. The summed E-state index contributed by atoms with van der Waals surface area (Å²) in [6, 6.07) is 15.5. The zero-order valence-corrected chi connectivity index (χ0v) is 13.9. The molecule has 4 heteroatoms. The summed E-state index contributed by atoms with van der Waals surface area (Å²) in [7, 11) is 0. The Labute approximate surface area is 142 Å². The van der Waals surface area contributed by atoms with E-state index in [4.69, 9.17) is 4.74 Å². The lowest BCUT2D eigenvalue weighted by Gasteiger charge is -2.33. The van der Waals surface area contributed by atoms with E-state index < -0.39 is 0 Å². The lowest BCUT2D eigenvalue weighted by molar-refractivity contribution is -0.120. The van der Waals surface area contributed by atoms with Gasteiger partial charge >= 0.3 is 0 Å². The second kappa shape index (κ2) is 7.49. The number of piperidine rings is 1. The number of hydrogen-bond donors (Lipinski definition) is 1. The summed E-state index contributed by atoms with van der Waals surface area (Å²) in [5.41, 5.74) is 1.85. The lowest BCUT2D eigenvalue weighted by atomic mass is 9.94. The Balaban J connectivity index is 1.88. The van der Waals surface area contributed by atoms with Crippen molar-refractivity contribution in [2.24, 2.45) is 5.92 Å². The lowest BCUT2D eigenvalue weighted by Crippen LogP contribution is -2.40. The van der Waals surface area contributed by atoms with Crippen LogP contribution in [0, 0.1) is 12.8 Å². The van der Waals surface area contributed by atoms with Crippen molar-refractivity contribution >= 4 is 11.6 Å². The molecule has 24 heavy (non-hydrogen) atoms. The minimum absolute atomic E-state index is 0.116. The molecule has 1 saturated heterocycles. The molecule has 2 aromatic rings. The van der Waals surface area contributed by atoms with Crippen LogP contribution in [0.2, 0.25) is 0 Å². The maximum absolute atomic E-state index is 12.4. The first-order valence-electron chi connectivity index (χ1n) is 8.43. The summed E-state index contributed by atoms with van der Waals surface area (Å²) in [6.45, 7) is 2.79. The van der Waals surface area contributed by atoms with Crippen LogP contribution >= 0.6 is 0 Å². The fourth-order valence-corrected chi connectivity index (χ4v) is 3.12. The van der Waals surface area contributed by atoms with Crippen molar-refractivity contribution in [1.82, 2.24) is 0 Å². The van der Waals surface area contributed by atoms with E-state index >= 15 is 0 Å². The smallest absolute Gasteiger partial charge is 0.227 e. The molecule has 1 aliphatic rings. The average Bonchev–Trinajstić information content (AvgIpc) is 2.59. The molecule has 0 spiro atoms. The largest absolute Gasteiger partial charge is 0.455 e. The molecule has 3 rings (SSSR count). The van der Waals surface area contributed by atoms with Gasteiger partial charge in [-0.2, -0.15) is 0 Å². The SMILES string of the molecule is Cc1ccccc1Oc1ccccc1N1C[C@H](CCO)CCC1=O. The van der Waals surface area contributed by atoms with Crippen LogP contribution in [0.5, 0.6) is 11.5 Å². The zero-order valence-electron chi connectivity index (χ0n) is 13.9. The number of carbonyl (C=O) groups is 1. The van der Waals surface area contributed by atoms with Gasteiger partial charge in [0.2, 0.25) is 5.91 Å². The third-order valence-corrected chi connectivity index (χ3v) is 4.52. The van der Waals surface area contributed by atoms with Gasteiger partial charge in [0.05, 0.1) is 5.69 Å². The van der Waals surface area contributed by atoms with Crippen LogP contribution in [0.15, 0.2) is 48.5 Å². The predicted octanol–water partition coefficient (Wildman–Crippen LogP) is 3.91. The van der Waals surface area contributed by atoms with Crippen LogP contribution in [0.1, 0.15) is 24.8 Å². The first-order chi connectivity index (χ1) is 11.7. The number of anilines is 1. The van der Waals surface area contributed by atoms with Crippen LogP contribution in [-0.2, 0) is 4.79 Å². The molecule has 1 atom stereocenters. The number of aliphatic hydroxyl groups excluding tert-OH is 1. The van der Waals surface area contributed by atoms with Gasteiger partial charge in [0.1, 0.15) is 5.75 Å². The molecule has 1 amide bonds. The van der Waals surface area contributed by atoms with Gasteiger partial charge in [-0.3, -0.25) is 4.79 Å². The third kappa shape index (κ3) is 3.60. The minimum atomic E-state index is 0.116. The van der Waals surface area contributed by atoms with Crippen LogP contribution in [0.3, 0.4) is 0 Å². The molecule has 1 fully saturated rings. The van der Waals surface area contributed by atoms with Gasteiger partial charge in [0.15, 0.2) is 5.75 Å². The number of rotatable bonds is 5. The third-order valence-electron chi connectivity index (χ3n) is 4.52. The Morgan fingerprint density at radius 2 is 1.83 bits per heavy atom. The van der Waals surface area contributed by atoms with Crippen molar-refractivity contribution in [3.63, 3.8) is 0 Å². The quantitative estimate of drug-likeness (QED) is 0.906. The number of nitrogens with zero attached hydrogens (tertiary/aromatic N) is 1. The first-order valence-corrected chi connectivity index (χ1v) is 8.43. The summed E-state index contributed by atoms with van der Waals surface area (Å²) < 4.78 is 6.09. The number of hydrogen-bond acceptors (Lipinski definition) is 3. The Hall–Kier alpha value is -2.33. The molecule has 1 heterocycles. The fourth-order valence-electron chi connectivity index (χ4n) is 3.12. The zero-order chi connectivity index (χ0) is 16.9. The highest BCUT2D eigenvalue weighted by atomic mass is 16.5. The van der Waals surface area contributed by atoms with E-state index in [2.05, 4.69) is 0 Å². The van der Waals surface area contributed by atoms with Gasteiger partial charge < -0.3 is 14.7 Å². The number of amides is 1. The second-order valence-electron chi connectivity index (χ2n) is 6.26. The van der Waals surface area contributed by atoms with Gasteiger partial charge in [-0.15, -0.1) is 0 Å². The number of benzene rings is 2. The average molecular weight is 325 g/mol. The second-order valence-corrected chi connectivity index (χ2v) is 6.26. The van der Waals surface area contributed by atoms with Crippen molar-refractivity contribution in [3.05, 3.63) is 54.1 Å². The Kier molecular flexibility index (Phi) is 5.16. The standard InChI is InChI=1S/C20H23NO3/c1-15-6-2-4-8-18(15)24-19-9-5-3-7-17(19)21-14-16(12-13-22)10-11-20(21)23/h2-9,16,22H,10-14H2,1H3/t16-/m0/s1. The molecule has 2 aromatic carbocycles. The molecule has 0 aromatic heterocycles. The highest BCUT2D eigenvalue weighted by Gasteiger charge is 2.28. The normalized spacial score (nSPS) is 17.8. The topological polar surface area (TPSA) is 49.8 Å². The van der Waals surface area contributed by atoms with Crippen molar-refractivity contribution in [2.75, 3.05) is 18.1 Å². The summed E-state index contributed by atoms with van der Waals surface area (Å²) in [5, 5.41) is 9.19. The van der Waals surface area contributed by atoms with Crippen LogP contribution in [0.4, 0.5) is 5.69 Å². The Bertz CT molecular complexity index is 714. The molecule has 0 unspecified atom stereocenters. The van der Waals surface area contributed by atoms with Crippen LogP contribution < -0.4 is 9.64 Å². The van der Waals surface area contributed by atoms with Crippen LogP contribution in [-0.4, -0.2) is 24.2 Å². The van der Waals surface area contributed by atoms with E-state index in [0.29, 0.717) is 24.6 Å². The number of aliphatic hydroxyl groups is 1. The van der Waals surface area contributed by atoms with Gasteiger partial charge in [-0.05, 0) is 49.4 Å². The number of para-hydroxylation sites is 3. The fraction of sp³-hybridized carbons (Fsp3) is 0.350. The maximum atomic E-state index is 12.4. The number of ether oxygens (including phenoxy) is 1. The molecule has 4 nitrogen and oxygen atoms in total. The van der Waals surface area contributed by atoms with E-state index in [1.54, 1.807) is 4.90 Å². The van der Waals surface area contributed by atoms with E-state index in [1.807, 2.05) is 55.5 Å². The highest BCUT2D eigenvalue weighted by molar-refractivity contribution is 5.95. The molecule has 0 bridgehead atoms. The van der Waals surface area contributed by atoms with Gasteiger partial charge in [0.25, 0.3) is 0 Å². The molecule has 0 aliphatic carbocycles. The van der Waals surface area contributed by atoms with E-state index in [1.165, 1.54) is 0 Å². The predicted molar refractivity (Wildman–Crippen MR) is 94.5 cm³/mol. The van der Waals surface area contributed by atoms with Crippen molar-refractivity contribution in [1.29, 1.82) is 0 Å². The molecule has 126 valence electrons. The van der Waals surface area contributed by atoms with Gasteiger partial charge in [0, 0.05) is 19.6 Å². The highest BCUT2D eigenvalue weighted by Crippen LogP contribution is 2.36. The summed E-state index contributed by atoms with van der Waals surface area (Å²) in [4.78, 5) is 14.2. The van der Waals surface area contributed by atoms with Crippen molar-refractivity contribution < 1.29 is 14.6 Å². The number of carbonyl (C=O) groups excluding carboxylic acids is 1.